The lowest BCUT2D eigenvalue weighted by molar-refractivity contribution is -0.145. The molecule has 0 heterocycles. The van der Waals surface area contributed by atoms with Crippen LogP contribution in [0.3, 0.4) is 0 Å². The van der Waals surface area contributed by atoms with E-state index < -0.39 is 41.2 Å². The van der Waals surface area contributed by atoms with Gasteiger partial charge < -0.3 is 19.1 Å². The molecule has 1 atom stereocenters. The molecule has 17 heteroatoms. The summed E-state index contributed by atoms with van der Waals surface area (Å²) in [7, 11) is 14.2. The Labute approximate surface area is 194 Å². The number of carbonyl (C=O) groups is 4. The summed E-state index contributed by atoms with van der Waals surface area (Å²) in [6.07, 6.45) is -0.326. The molecular weight excluding hydrogens is 527 g/mol. The molecule has 0 aromatic heterocycles. The van der Waals surface area contributed by atoms with Gasteiger partial charge in [0.15, 0.2) is 25.4 Å². The zero-order valence-corrected chi connectivity index (χ0v) is 19.7. The van der Waals surface area contributed by atoms with Gasteiger partial charge >= 0.3 is 20.2 Å². The molecule has 0 aliphatic carbocycles. The van der Waals surface area contributed by atoms with Crippen molar-refractivity contribution >= 4 is 115 Å². The Bertz CT molecular complexity index is 565. The van der Waals surface area contributed by atoms with Crippen LogP contribution in [0.15, 0.2) is 0 Å². The molecule has 0 aliphatic heterocycles. The van der Waals surface area contributed by atoms with Crippen molar-refractivity contribution in [2.75, 3.05) is 13.2 Å². The highest BCUT2D eigenvalue weighted by Gasteiger charge is 2.19. The third-order valence-corrected chi connectivity index (χ3v) is 1.76. The Kier molecular flexibility index (Phi) is 27.7. The van der Waals surface area contributed by atoms with E-state index in [0.29, 0.717) is 0 Å². The summed E-state index contributed by atoms with van der Waals surface area (Å²) >= 11 is 19.6. The summed E-state index contributed by atoms with van der Waals surface area (Å²) in [6.45, 7) is 3.75. The molecule has 0 aromatic rings. The van der Waals surface area contributed by atoms with Gasteiger partial charge in [-0.2, -0.15) is 8.42 Å². The zero-order valence-electron chi connectivity index (χ0n) is 14.4. The number of ether oxygens (including phenoxy) is 2. The van der Waals surface area contributed by atoms with Crippen LogP contribution in [0.4, 0.5) is 0 Å². The molecule has 1 unspecified atom stereocenters. The molecule has 0 aliphatic rings. The van der Waals surface area contributed by atoms with Gasteiger partial charge in [0, 0.05) is 21.4 Å². The first-order valence-electron chi connectivity index (χ1n) is 6.59. The minimum atomic E-state index is -3.72. The van der Waals surface area contributed by atoms with E-state index in [1.165, 1.54) is 0 Å². The van der Waals surface area contributed by atoms with E-state index in [9.17, 15) is 19.2 Å². The molecule has 28 heavy (non-hydrogen) atoms. The minimum absolute atomic E-state index is 0.190. The van der Waals surface area contributed by atoms with Gasteiger partial charge in [-0.15, -0.1) is 11.6 Å². The molecule has 0 saturated carbocycles. The molecular formula is C11H14B2Cl6O8S. The van der Waals surface area contributed by atoms with Crippen LogP contribution < -0.4 is 0 Å². The number of hydrogen-bond acceptors (Lipinski definition) is 8. The fraction of sp³-hybridized carbons (Fsp3) is 0.636. The van der Waals surface area contributed by atoms with Crippen LogP contribution in [-0.2, 0) is 36.9 Å². The van der Waals surface area contributed by atoms with Crippen molar-refractivity contribution in [3.8, 4) is 0 Å². The van der Waals surface area contributed by atoms with Gasteiger partial charge in [-0.05, 0) is 13.8 Å². The van der Waals surface area contributed by atoms with Crippen molar-refractivity contribution in [1.82, 2.24) is 0 Å². The van der Waals surface area contributed by atoms with Crippen molar-refractivity contribution in [3.63, 3.8) is 0 Å². The summed E-state index contributed by atoms with van der Waals surface area (Å²) in [5.41, 5.74) is -1.55. The maximum atomic E-state index is 10.5. The molecule has 0 amide bonds. The highest BCUT2D eigenvalue weighted by atomic mass is 36.0. The lowest BCUT2D eigenvalue weighted by Gasteiger charge is -2.03. The van der Waals surface area contributed by atoms with Crippen LogP contribution in [0.2, 0.25) is 0 Å². The Morgan fingerprint density at radius 3 is 1.43 bits per heavy atom. The summed E-state index contributed by atoms with van der Waals surface area (Å²) in [5.74, 6) is -1.36. The van der Waals surface area contributed by atoms with Crippen LogP contribution in [-0.4, -0.2) is 70.3 Å². The topological polar surface area (TPSA) is 121 Å². The Morgan fingerprint density at radius 1 is 0.893 bits per heavy atom. The van der Waals surface area contributed by atoms with Gasteiger partial charge in [-0.3, -0.25) is 9.59 Å². The number of halogens is 6. The lowest BCUT2D eigenvalue weighted by atomic mass is 9.99. The third-order valence-electron chi connectivity index (χ3n) is 1.37. The van der Waals surface area contributed by atoms with Crippen molar-refractivity contribution < 1.29 is 37.1 Å². The second-order valence-electron chi connectivity index (χ2n) is 3.59. The normalized spacial score (nSPS) is 10.5. The summed E-state index contributed by atoms with van der Waals surface area (Å²) in [4.78, 5) is 41.1. The van der Waals surface area contributed by atoms with E-state index in [2.05, 4.69) is 38.7 Å². The highest BCUT2D eigenvalue weighted by Crippen LogP contribution is 2.03. The highest BCUT2D eigenvalue weighted by molar-refractivity contribution is 8.31. The zero-order chi connectivity index (χ0) is 23.5. The van der Waals surface area contributed by atoms with Crippen molar-refractivity contribution in [2.45, 2.75) is 29.9 Å². The average molecular weight is 541 g/mol. The number of rotatable bonds is 6. The second kappa shape index (κ2) is 21.8. The Morgan fingerprint density at radius 2 is 1.21 bits per heavy atom. The van der Waals surface area contributed by atoms with Gasteiger partial charge in [0.1, 0.15) is 5.68 Å². The SMILES string of the molecule is ClC(Cl)Cl.O=S(=O)(Cl)Cl.[B]C(=O)C(Cl)C(=O)OCC.[B]C(=O)CC(=O)OCC. The van der Waals surface area contributed by atoms with Gasteiger partial charge in [0.25, 0.3) is 0 Å². The predicted molar refractivity (Wildman–Crippen MR) is 111 cm³/mol. The molecule has 4 radical (unpaired) electrons. The fourth-order valence-electron chi connectivity index (χ4n) is 0.686. The third kappa shape index (κ3) is 50.2. The first-order valence-corrected chi connectivity index (χ1v) is 11.5. The summed E-state index contributed by atoms with van der Waals surface area (Å²) in [6, 6.07) is 0. The molecule has 0 bridgehead atoms. The van der Waals surface area contributed by atoms with Gasteiger partial charge in [0.2, 0.25) is 0 Å². The average Bonchev–Trinajstić information content (AvgIpc) is 2.44. The van der Waals surface area contributed by atoms with Crippen molar-refractivity contribution in [2.24, 2.45) is 0 Å². The summed E-state index contributed by atoms with van der Waals surface area (Å²) < 4.78 is 26.4. The molecule has 0 aromatic carbocycles. The number of esters is 2. The smallest absolute Gasteiger partial charge is 0.330 e. The van der Waals surface area contributed by atoms with Crippen LogP contribution in [0.25, 0.3) is 0 Å². The monoisotopic (exact) mass is 538 g/mol. The fourth-order valence-corrected chi connectivity index (χ4v) is 0.749. The first-order chi connectivity index (χ1) is 12.5. The minimum Gasteiger partial charge on any atom is -0.466 e. The number of alkyl halides is 4. The maximum absolute atomic E-state index is 10.5. The molecule has 0 rings (SSSR count). The lowest BCUT2D eigenvalue weighted by Crippen LogP contribution is -2.26. The van der Waals surface area contributed by atoms with Gasteiger partial charge in [0.05, 0.1) is 25.3 Å². The predicted octanol–water partition coefficient (Wildman–Crippen LogP) is 2.18. The molecule has 160 valence electrons. The van der Waals surface area contributed by atoms with E-state index >= 15 is 0 Å². The quantitative estimate of drug-likeness (QED) is 0.165. The van der Waals surface area contributed by atoms with E-state index in [4.69, 9.17) is 62.7 Å². The van der Waals surface area contributed by atoms with Crippen LogP contribution in [0.5, 0.6) is 0 Å². The van der Waals surface area contributed by atoms with E-state index in [1.54, 1.807) is 13.8 Å². The van der Waals surface area contributed by atoms with Crippen molar-refractivity contribution in [1.29, 1.82) is 0 Å². The van der Waals surface area contributed by atoms with E-state index in [0.717, 1.165) is 0 Å². The first kappa shape index (κ1) is 35.5. The van der Waals surface area contributed by atoms with Crippen molar-refractivity contribution in [3.05, 3.63) is 0 Å². The molecule has 0 saturated heterocycles. The molecule has 8 nitrogen and oxygen atoms in total. The van der Waals surface area contributed by atoms with Crippen LogP contribution in [0, 0.1) is 0 Å². The Hall–Kier alpha value is 0.0999. The summed E-state index contributed by atoms with van der Waals surface area (Å²) in [5, 5.41) is -1.36. The Balaban J connectivity index is -0.000000146. The van der Waals surface area contributed by atoms with E-state index in [1.807, 2.05) is 0 Å². The molecule has 0 fully saturated rings. The number of hydrogen-bond donors (Lipinski definition) is 0. The van der Waals surface area contributed by atoms with Crippen LogP contribution >= 0.6 is 67.8 Å². The standard InChI is InChI=1S/C5H6BClO3.C5H7BO3.CHCl3.Cl2O2S/c1-2-10-5(9)3(7)4(6)8;1-2-9-5(8)3-4(6)7;2-1(3)4;1-5(2,3)4/h3H,2H2,1H3;2-3H2,1H3;1H;. The molecule has 0 N–H and O–H groups in total. The van der Waals surface area contributed by atoms with Crippen LogP contribution in [0.1, 0.15) is 20.3 Å². The number of carbonyl (C=O) groups excluding carboxylic acids is 4. The van der Waals surface area contributed by atoms with E-state index in [-0.39, 0.29) is 19.6 Å². The second-order valence-corrected chi connectivity index (χ2v) is 9.68. The largest absolute Gasteiger partial charge is 0.466 e. The van der Waals surface area contributed by atoms with Gasteiger partial charge in [-0.1, -0.05) is 34.8 Å². The van der Waals surface area contributed by atoms with Gasteiger partial charge in [-0.25, -0.2) is 0 Å². The molecule has 0 spiro atoms. The maximum Gasteiger partial charge on any atom is 0.330 e.